The molecule has 8 rings (SSSR count). The van der Waals surface area contributed by atoms with Crippen molar-refractivity contribution >= 4 is 22.6 Å². The van der Waals surface area contributed by atoms with Crippen LogP contribution in [0.3, 0.4) is 0 Å². The molecule has 0 radical (unpaired) electrons. The number of rotatable bonds is 4. The van der Waals surface area contributed by atoms with E-state index in [1.807, 2.05) is 12.3 Å². The molecule has 5 fully saturated rings. The molecular formula is C25H30N6O4. The van der Waals surface area contributed by atoms with E-state index in [0.29, 0.717) is 49.2 Å². The van der Waals surface area contributed by atoms with Crippen LogP contribution in [0.4, 0.5) is 5.69 Å². The van der Waals surface area contributed by atoms with E-state index in [0.717, 1.165) is 48.8 Å². The zero-order valence-electron chi connectivity index (χ0n) is 19.5. The first kappa shape index (κ1) is 21.3. The molecule has 0 spiro atoms. The average Bonchev–Trinajstić information content (AvgIpc) is 3.50. The molecule has 4 saturated carbocycles. The van der Waals surface area contributed by atoms with Gasteiger partial charge in [-0.15, -0.1) is 0 Å². The fourth-order valence-corrected chi connectivity index (χ4v) is 7.34. The van der Waals surface area contributed by atoms with Crippen LogP contribution in [0.5, 0.6) is 0 Å². The van der Waals surface area contributed by atoms with Crippen LogP contribution in [0.1, 0.15) is 55.6 Å². The van der Waals surface area contributed by atoms with Crippen molar-refractivity contribution < 1.29 is 19.5 Å². The number of H-pyrrole nitrogens is 1. The lowest BCUT2D eigenvalue weighted by atomic mass is 9.52. The van der Waals surface area contributed by atoms with Gasteiger partial charge in [0.05, 0.1) is 23.0 Å². The van der Waals surface area contributed by atoms with Crippen LogP contribution in [0.25, 0.3) is 22.5 Å². The zero-order chi connectivity index (χ0) is 23.7. The van der Waals surface area contributed by atoms with Crippen LogP contribution >= 0.6 is 0 Å². The minimum atomic E-state index is -0.495. The minimum absolute atomic E-state index is 0.0216. The number of piperidine rings is 1. The Kier molecular flexibility index (Phi) is 4.73. The van der Waals surface area contributed by atoms with Gasteiger partial charge in [0.1, 0.15) is 5.65 Å². The highest BCUT2D eigenvalue weighted by atomic mass is 16.5. The van der Waals surface area contributed by atoms with Crippen LogP contribution in [-0.2, 0) is 0 Å². The van der Waals surface area contributed by atoms with Crippen molar-refractivity contribution in [3.8, 4) is 11.5 Å². The van der Waals surface area contributed by atoms with Gasteiger partial charge in [-0.1, -0.05) is 5.16 Å². The van der Waals surface area contributed by atoms with E-state index >= 15 is 0 Å². The Balaban J connectivity index is 1.21. The molecule has 3 aromatic rings. The number of aliphatic hydroxyl groups is 2. The summed E-state index contributed by atoms with van der Waals surface area (Å²) >= 11 is 0. The molecule has 5 aliphatic rings. The van der Waals surface area contributed by atoms with Crippen LogP contribution in [0.15, 0.2) is 23.0 Å². The molecule has 184 valence electrons. The number of aromatic amines is 1. The van der Waals surface area contributed by atoms with E-state index in [2.05, 4.69) is 25.4 Å². The number of fused-ring (bicyclic) bond motifs is 1. The van der Waals surface area contributed by atoms with Gasteiger partial charge in [0.2, 0.25) is 0 Å². The molecule has 1 saturated heterocycles. The van der Waals surface area contributed by atoms with E-state index in [1.165, 1.54) is 0 Å². The molecule has 1 aliphatic heterocycles. The number of hydrogen-bond donors (Lipinski definition) is 4. The van der Waals surface area contributed by atoms with E-state index in [1.54, 1.807) is 11.1 Å². The Bertz CT molecular complexity index is 1260. The van der Waals surface area contributed by atoms with E-state index < -0.39 is 5.60 Å². The molecule has 4 bridgehead atoms. The summed E-state index contributed by atoms with van der Waals surface area (Å²) in [5.41, 5.74) is 1.82. The van der Waals surface area contributed by atoms with E-state index in [-0.39, 0.29) is 29.8 Å². The van der Waals surface area contributed by atoms with Crippen molar-refractivity contribution in [2.75, 3.05) is 18.4 Å². The Labute approximate surface area is 202 Å². The lowest BCUT2D eigenvalue weighted by Crippen LogP contribution is -2.59. The quantitative estimate of drug-likeness (QED) is 0.448. The highest BCUT2D eigenvalue weighted by Gasteiger charge is 2.54. The monoisotopic (exact) mass is 478 g/mol. The van der Waals surface area contributed by atoms with Crippen molar-refractivity contribution in [3.05, 3.63) is 24.3 Å². The van der Waals surface area contributed by atoms with Gasteiger partial charge in [-0.25, -0.2) is 4.98 Å². The van der Waals surface area contributed by atoms with Gasteiger partial charge in [-0.05, 0) is 68.8 Å². The van der Waals surface area contributed by atoms with E-state index in [4.69, 9.17) is 4.52 Å². The van der Waals surface area contributed by atoms with Crippen molar-refractivity contribution in [1.82, 2.24) is 25.0 Å². The average molecular weight is 479 g/mol. The second-order valence-electron chi connectivity index (χ2n) is 11.1. The fourth-order valence-electron chi connectivity index (χ4n) is 7.34. The highest BCUT2D eigenvalue weighted by Crippen LogP contribution is 2.56. The highest BCUT2D eigenvalue weighted by molar-refractivity contribution is 5.97. The second-order valence-corrected chi connectivity index (χ2v) is 11.1. The third kappa shape index (κ3) is 3.53. The Morgan fingerprint density at radius 3 is 2.71 bits per heavy atom. The standard InChI is InChI=1S/C25H30N6O4/c32-16-2-5-31(6-3-16)24(33)22-29-23(35-30-22)18-12-27-21-17(1-4-26-21)20(18)28-19-14-7-13-8-15(19)11-25(34,9-13)10-14/h1,4,12-16,19,32,34H,2-3,5-11H2,(H2,26,27,28)/t13?,14?,15?,19-,25+. The lowest BCUT2D eigenvalue weighted by molar-refractivity contribution is -0.129. The molecule has 1 amide bonds. The maximum atomic E-state index is 12.9. The minimum Gasteiger partial charge on any atom is -0.393 e. The fraction of sp³-hybridized carbons (Fsp3) is 0.600. The number of likely N-dealkylation sites (tertiary alicyclic amines) is 1. The van der Waals surface area contributed by atoms with Crippen LogP contribution in [0, 0.1) is 17.8 Å². The first-order valence-electron chi connectivity index (χ1n) is 12.7. The number of aromatic nitrogens is 4. The molecule has 4 aliphatic carbocycles. The lowest BCUT2D eigenvalue weighted by Gasteiger charge is -2.58. The summed E-state index contributed by atoms with van der Waals surface area (Å²) in [5.74, 6) is 1.47. The second kappa shape index (κ2) is 7.76. The normalized spacial score (nSPS) is 32.5. The van der Waals surface area contributed by atoms with Crippen molar-refractivity contribution in [2.24, 2.45) is 17.8 Å². The number of pyridine rings is 1. The van der Waals surface area contributed by atoms with E-state index in [9.17, 15) is 15.0 Å². The number of nitrogens with zero attached hydrogens (tertiary/aromatic N) is 4. The van der Waals surface area contributed by atoms with Crippen molar-refractivity contribution in [1.29, 1.82) is 0 Å². The largest absolute Gasteiger partial charge is 0.393 e. The van der Waals surface area contributed by atoms with Gasteiger partial charge in [0.15, 0.2) is 0 Å². The third-order valence-corrected chi connectivity index (χ3v) is 8.74. The molecule has 10 heteroatoms. The Hall–Kier alpha value is -2.98. The van der Waals surface area contributed by atoms with Crippen LogP contribution < -0.4 is 5.32 Å². The van der Waals surface area contributed by atoms with Gasteiger partial charge in [0, 0.05) is 36.9 Å². The van der Waals surface area contributed by atoms with Gasteiger partial charge in [0.25, 0.3) is 17.6 Å². The third-order valence-electron chi connectivity index (χ3n) is 8.74. The summed E-state index contributed by atoms with van der Waals surface area (Å²) in [6.45, 7) is 0.955. The molecule has 4 heterocycles. The first-order chi connectivity index (χ1) is 17.0. The molecule has 4 N–H and O–H groups in total. The predicted molar refractivity (Wildman–Crippen MR) is 126 cm³/mol. The summed E-state index contributed by atoms with van der Waals surface area (Å²) < 4.78 is 5.59. The first-order valence-corrected chi connectivity index (χ1v) is 12.7. The molecule has 2 atom stereocenters. The smallest absolute Gasteiger partial charge is 0.295 e. The zero-order valence-corrected chi connectivity index (χ0v) is 19.5. The summed E-state index contributed by atoms with van der Waals surface area (Å²) in [6, 6.07) is 2.24. The van der Waals surface area contributed by atoms with Crippen molar-refractivity contribution in [2.45, 2.75) is 62.7 Å². The topological polar surface area (TPSA) is 140 Å². The van der Waals surface area contributed by atoms with Crippen LogP contribution in [-0.4, -0.2) is 72.0 Å². The molecular weight excluding hydrogens is 448 g/mol. The number of carbonyl (C=O) groups excluding carboxylic acids is 1. The Morgan fingerprint density at radius 2 is 1.97 bits per heavy atom. The number of hydrogen-bond acceptors (Lipinski definition) is 8. The summed E-state index contributed by atoms with van der Waals surface area (Å²) in [6.07, 6.45) is 9.26. The number of anilines is 1. The molecule has 10 nitrogen and oxygen atoms in total. The predicted octanol–water partition coefficient (Wildman–Crippen LogP) is 2.56. The maximum Gasteiger partial charge on any atom is 0.295 e. The number of amides is 1. The number of aliphatic hydroxyl groups excluding tert-OH is 1. The Morgan fingerprint density at radius 1 is 1.20 bits per heavy atom. The molecule has 0 aromatic carbocycles. The SMILES string of the molecule is O=C(c1noc(-c2cnc3[nH]ccc3c2N[C@H]2C3CC4CC2C[C@@](O)(C4)C3)n1)N1CCC(O)CC1. The summed E-state index contributed by atoms with van der Waals surface area (Å²) in [7, 11) is 0. The van der Waals surface area contributed by atoms with Gasteiger partial charge in [-0.2, -0.15) is 4.98 Å². The van der Waals surface area contributed by atoms with Gasteiger partial charge >= 0.3 is 0 Å². The van der Waals surface area contributed by atoms with Gasteiger partial charge < -0.3 is 29.9 Å². The maximum absolute atomic E-state index is 12.9. The van der Waals surface area contributed by atoms with Crippen molar-refractivity contribution in [3.63, 3.8) is 0 Å². The molecule has 2 unspecified atom stereocenters. The summed E-state index contributed by atoms with van der Waals surface area (Å²) in [5, 5.41) is 29.5. The molecule has 35 heavy (non-hydrogen) atoms. The number of nitrogens with one attached hydrogen (secondary N) is 2. The van der Waals surface area contributed by atoms with Crippen LogP contribution in [0.2, 0.25) is 0 Å². The number of carbonyl (C=O) groups is 1. The summed E-state index contributed by atoms with van der Waals surface area (Å²) in [4.78, 5) is 26.8. The molecule has 3 aromatic heterocycles. The van der Waals surface area contributed by atoms with Gasteiger partial charge in [-0.3, -0.25) is 4.79 Å².